The maximum Gasteiger partial charge on any atom is 0.251 e. The van der Waals surface area contributed by atoms with Crippen LogP contribution in [-0.4, -0.2) is 226 Å². The molecule has 0 saturated carbocycles. The van der Waals surface area contributed by atoms with Crippen molar-refractivity contribution in [3.05, 3.63) is 180 Å². The number of carbonyl (C=O) groups excluding carboxylic acids is 7. The van der Waals surface area contributed by atoms with Gasteiger partial charge in [-0.2, -0.15) is 5.10 Å². The molecule has 7 amide bonds. The Morgan fingerprint density at radius 1 is 0.673 bits per heavy atom. The average Bonchev–Trinajstić information content (AvgIpc) is 0.859. The van der Waals surface area contributed by atoms with Crippen molar-refractivity contribution >= 4 is 41.4 Å². The van der Waals surface area contributed by atoms with Gasteiger partial charge in [0.25, 0.3) is 5.91 Å². The minimum atomic E-state index is -2.29. The minimum absolute atomic E-state index is 0.00973. The van der Waals surface area contributed by atoms with Crippen molar-refractivity contribution in [3.63, 3.8) is 0 Å². The smallest absolute Gasteiger partial charge is 0.251 e. The van der Waals surface area contributed by atoms with E-state index in [9.17, 15) is 97.8 Å². The highest BCUT2D eigenvalue weighted by atomic mass is 19.1. The van der Waals surface area contributed by atoms with E-state index in [1.807, 2.05) is 48.5 Å². The number of rotatable bonds is 19. The zero-order valence-electron chi connectivity index (χ0n) is 58.9. The van der Waals surface area contributed by atoms with Gasteiger partial charge in [-0.05, 0) is 90.6 Å². The monoisotopic (exact) mass is 1490 g/mol. The topological polar surface area (TPSA) is 454 Å². The summed E-state index contributed by atoms with van der Waals surface area (Å²) in [7, 11) is 0. The average molecular weight is 1490 g/mol. The van der Waals surface area contributed by atoms with Crippen molar-refractivity contribution in [1.82, 2.24) is 61.1 Å². The van der Waals surface area contributed by atoms with Gasteiger partial charge in [-0.15, -0.1) is 0 Å². The van der Waals surface area contributed by atoms with E-state index < -0.39 is 181 Å². The molecule has 33 heteroatoms. The number of hydrogen-bond donors (Lipinski definition) is 15. The standard InChI is InChI=1S/C58H73N7O17.C16H14F3N5O/c1-5-6-7-24-82-40-22-18-35(19-23-40)33-10-8-32(9-11-33)34-12-14-37(15-13-34)51(74)59-41-26-43(70)54(77)63-56(79)47-48(71)29(2)27-65(47)58(81)45(31(4)67)61-55(78)46(50(73)49(72)36-16-20-38(68)21-17-36)62-53(76)42-25-39(69)28-64(42)57(80)44(30(3)66)60-52(41)75;1-10(15-14(19)5-20-7-22-15)16(25,6-24-9-21-8-23-24)12-3-2-11(17)4-13(12)18/h8-23,29-31,39,41-50,54,66-73,77H,5-7,24-28H2,1-4H3,(H,59,74)(H,60,75)(H,61,78)(H,62,76)(H,63,79);2-5,7-10,25H,6H2,1H3/t29-,30+,31+,39+,41-,42-,43+,44-,45-,46-,47-,48-,49-,50-,54+;10-,16+/m00/s1. The SMILES string of the molecule is CCCCCOc1ccc(-c2ccc(-c3ccc(C(=O)N[C@H]4C[C@@H](O)[C@@H](O)NC(=O)[C@@H]5[C@@H](O)[C@@H](C)CN5C(=O)[C@H]([C@@H](C)O)NC(=O)[C@H]([C@H](O)[C@@H](O)c5ccc(O)cc5)NC(=O)[C@@H]5C[C@@H](O)CN5C(=O)[C@H]([C@@H](C)O)NC4=O)cc3)cc2)cc1.C[C@@H](c1ncncc1F)[C@](O)(Cn1cncn1)c1ccc(F)cc1F. The van der Waals surface area contributed by atoms with Crippen LogP contribution < -0.4 is 31.3 Å². The Balaban J connectivity index is 0.000000443. The summed E-state index contributed by atoms with van der Waals surface area (Å²) >= 11 is 0. The summed E-state index contributed by atoms with van der Waals surface area (Å²) in [6.45, 7) is 6.72. The van der Waals surface area contributed by atoms with Crippen molar-refractivity contribution in [3.8, 4) is 33.8 Å². The number of aliphatic hydroxyl groups excluding tert-OH is 8. The van der Waals surface area contributed by atoms with Gasteiger partial charge in [0.05, 0.1) is 49.5 Å². The number of nitrogens with one attached hydrogen (secondary N) is 5. The summed E-state index contributed by atoms with van der Waals surface area (Å²) in [5.74, 6) is -12.1. The summed E-state index contributed by atoms with van der Waals surface area (Å²) in [6, 6.07) is 17.5. The molecule has 0 aliphatic carbocycles. The molecule has 0 bridgehead atoms. The Bertz CT molecular complexity index is 4210. The molecule has 0 unspecified atom stereocenters. The molecular formula is C74H87F3N12O18. The maximum atomic E-state index is 14.5. The van der Waals surface area contributed by atoms with Gasteiger partial charge in [-0.3, -0.25) is 33.6 Å². The predicted molar refractivity (Wildman–Crippen MR) is 374 cm³/mol. The number of unbranched alkanes of at least 4 members (excludes halogenated alkanes) is 2. The van der Waals surface area contributed by atoms with Crippen LogP contribution in [0.15, 0.2) is 140 Å². The van der Waals surface area contributed by atoms with E-state index in [1.165, 1.54) is 55.4 Å². The number of fused-ring (bicyclic) bond motifs is 2. The summed E-state index contributed by atoms with van der Waals surface area (Å²) in [5.41, 5.74) is 1.12. The number of benzene rings is 5. The third kappa shape index (κ3) is 19.5. The predicted octanol–water partition coefficient (Wildman–Crippen LogP) is 1.25. The molecule has 7 aromatic rings. The van der Waals surface area contributed by atoms with Crippen molar-refractivity contribution < 1.29 is 103 Å². The first-order valence-corrected chi connectivity index (χ1v) is 34.7. The number of nitrogens with zero attached hydrogens (tertiary/aromatic N) is 7. The van der Waals surface area contributed by atoms with Crippen LogP contribution in [-0.2, 0) is 40.9 Å². The summed E-state index contributed by atoms with van der Waals surface area (Å²) < 4.78 is 48.9. The van der Waals surface area contributed by atoms with Crippen LogP contribution in [0, 0.1) is 23.4 Å². The number of aromatic hydroxyl groups is 1. The Kier molecular flexibility index (Phi) is 27.0. The lowest BCUT2D eigenvalue weighted by Crippen LogP contribution is -2.64. The summed E-state index contributed by atoms with van der Waals surface area (Å²) in [6.07, 6.45) is -8.95. The van der Waals surface area contributed by atoms with Gasteiger partial charge in [0.15, 0.2) is 12.0 Å². The highest BCUT2D eigenvalue weighted by Crippen LogP contribution is 2.40. The van der Waals surface area contributed by atoms with Crippen molar-refractivity contribution in [2.75, 3.05) is 19.7 Å². The molecule has 10 rings (SSSR count). The van der Waals surface area contributed by atoms with Gasteiger partial charge in [-0.25, -0.2) is 32.8 Å². The van der Waals surface area contributed by atoms with Gasteiger partial charge in [0.1, 0.15) is 102 Å². The second kappa shape index (κ2) is 35.8. The molecule has 3 saturated heterocycles. The first kappa shape index (κ1) is 80.7. The Hall–Kier alpha value is -10.4. The molecule has 107 heavy (non-hydrogen) atoms. The number of phenols is 1. The van der Waals surface area contributed by atoms with Crippen molar-refractivity contribution in [2.24, 2.45) is 5.92 Å². The lowest BCUT2D eigenvalue weighted by atomic mass is 9.79. The molecule has 3 aliphatic heterocycles. The molecule has 2 aromatic heterocycles. The number of halogens is 3. The molecule has 5 aromatic carbocycles. The van der Waals surface area contributed by atoms with Crippen LogP contribution in [0.1, 0.15) is 106 Å². The van der Waals surface area contributed by atoms with Gasteiger partial charge in [0, 0.05) is 55.0 Å². The largest absolute Gasteiger partial charge is 0.508 e. The summed E-state index contributed by atoms with van der Waals surface area (Å²) in [4.78, 5) is 113. The molecule has 0 spiro atoms. The molecule has 15 N–H and O–H groups in total. The quantitative estimate of drug-likeness (QED) is 0.0507. The van der Waals surface area contributed by atoms with E-state index in [0.717, 1.165) is 102 Å². The molecule has 30 nitrogen and oxygen atoms in total. The zero-order valence-corrected chi connectivity index (χ0v) is 58.9. The fraction of sp³-hybridized carbons (Fsp3) is 0.419. The van der Waals surface area contributed by atoms with Crippen LogP contribution >= 0.6 is 0 Å². The van der Waals surface area contributed by atoms with Gasteiger partial charge in [0.2, 0.25) is 35.4 Å². The molecule has 3 fully saturated rings. The second-order valence-corrected chi connectivity index (χ2v) is 26.9. The van der Waals surface area contributed by atoms with Crippen molar-refractivity contribution in [2.45, 2.75) is 170 Å². The second-order valence-electron chi connectivity index (χ2n) is 26.9. The molecule has 17 atom stereocenters. The number of aromatic nitrogens is 5. The number of carbonyl (C=O) groups is 7. The molecule has 572 valence electrons. The minimum Gasteiger partial charge on any atom is -0.508 e. The number of amides is 7. The Morgan fingerprint density at radius 3 is 1.84 bits per heavy atom. The first-order valence-electron chi connectivity index (χ1n) is 34.7. The van der Waals surface area contributed by atoms with Gasteiger partial charge < -0.3 is 92.2 Å². The van der Waals surface area contributed by atoms with Gasteiger partial charge >= 0.3 is 0 Å². The number of aliphatic hydroxyl groups is 9. The van der Waals surface area contributed by atoms with E-state index in [0.29, 0.717) is 18.2 Å². The maximum absolute atomic E-state index is 14.5. The van der Waals surface area contributed by atoms with E-state index in [4.69, 9.17) is 4.74 Å². The Labute approximate surface area is 612 Å². The number of hydrogen-bond acceptors (Lipinski definition) is 22. The van der Waals surface area contributed by atoms with E-state index in [2.05, 4.69) is 53.6 Å². The van der Waals surface area contributed by atoms with E-state index in [1.54, 1.807) is 12.1 Å². The number of ether oxygens (including phenoxy) is 1. The van der Waals surface area contributed by atoms with E-state index >= 15 is 0 Å². The normalized spacial score (nSPS) is 24.6. The van der Waals surface area contributed by atoms with Crippen LogP contribution in [0.2, 0.25) is 0 Å². The van der Waals surface area contributed by atoms with Crippen molar-refractivity contribution in [1.29, 1.82) is 0 Å². The van der Waals surface area contributed by atoms with Gasteiger partial charge in [-0.1, -0.05) is 100 Å². The van der Waals surface area contributed by atoms with Crippen LogP contribution in [0.5, 0.6) is 11.5 Å². The number of phenolic OH excluding ortho intramolecular Hbond substituents is 1. The highest BCUT2D eigenvalue weighted by molar-refractivity contribution is 6.00. The Morgan fingerprint density at radius 2 is 1.26 bits per heavy atom. The summed E-state index contributed by atoms with van der Waals surface area (Å²) in [5, 5.41) is 126. The van der Waals surface area contributed by atoms with Crippen LogP contribution in [0.25, 0.3) is 22.3 Å². The first-order chi connectivity index (χ1) is 50.9. The third-order valence-corrected chi connectivity index (χ3v) is 19.1. The lowest BCUT2D eigenvalue weighted by molar-refractivity contribution is -0.148. The highest BCUT2D eigenvalue weighted by Gasteiger charge is 2.51. The molecular weight excluding hydrogens is 1400 g/mol. The molecule has 5 heterocycles. The zero-order chi connectivity index (χ0) is 77.7. The molecule has 3 aliphatic rings. The third-order valence-electron chi connectivity index (χ3n) is 19.1. The molecule has 0 radical (unpaired) electrons. The fourth-order valence-corrected chi connectivity index (χ4v) is 12.9. The van der Waals surface area contributed by atoms with Crippen LogP contribution in [0.3, 0.4) is 0 Å². The lowest BCUT2D eigenvalue weighted by Gasteiger charge is -2.34. The van der Waals surface area contributed by atoms with Crippen LogP contribution in [0.4, 0.5) is 13.2 Å². The fourth-order valence-electron chi connectivity index (χ4n) is 12.9. The van der Waals surface area contributed by atoms with E-state index in [-0.39, 0.29) is 41.2 Å².